The van der Waals surface area contributed by atoms with E-state index in [-0.39, 0.29) is 5.91 Å². The molecule has 3 heterocycles. The number of aryl methyl sites for hydroxylation is 1. The summed E-state index contributed by atoms with van der Waals surface area (Å²) in [7, 11) is 0. The van der Waals surface area contributed by atoms with Gasteiger partial charge in [-0.2, -0.15) is 5.10 Å². The van der Waals surface area contributed by atoms with E-state index in [1.807, 2.05) is 48.4 Å². The van der Waals surface area contributed by atoms with Crippen LogP contribution >= 0.6 is 0 Å². The van der Waals surface area contributed by atoms with Gasteiger partial charge in [-0.05, 0) is 55.7 Å². The first kappa shape index (κ1) is 20.9. The molecule has 0 bridgehead atoms. The monoisotopic (exact) mass is 439 g/mol. The van der Waals surface area contributed by atoms with Crippen LogP contribution in [0.2, 0.25) is 0 Å². The molecule has 0 atom stereocenters. The maximum atomic E-state index is 13.1. The van der Waals surface area contributed by atoms with Gasteiger partial charge in [0, 0.05) is 47.4 Å². The van der Waals surface area contributed by atoms with Crippen LogP contribution in [-0.2, 0) is 0 Å². The number of amides is 2. The Morgan fingerprint density at radius 2 is 1.73 bits per heavy atom. The Morgan fingerprint density at radius 1 is 1.00 bits per heavy atom. The van der Waals surface area contributed by atoms with E-state index in [2.05, 4.69) is 22.3 Å². The van der Waals surface area contributed by atoms with Crippen molar-refractivity contribution in [1.29, 1.82) is 0 Å². The molecule has 2 aromatic heterocycles. The van der Waals surface area contributed by atoms with Crippen molar-refractivity contribution >= 4 is 22.7 Å². The topological polar surface area (TPSA) is 105 Å². The van der Waals surface area contributed by atoms with Crippen LogP contribution in [0, 0.1) is 6.92 Å². The third-order valence-electron chi connectivity index (χ3n) is 6.41. The average Bonchev–Trinajstić information content (AvgIpc) is 3.27. The number of nitrogens with two attached hydrogens (primary N) is 1. The quantitative estimate of drug-likeness (QED) is 0.500. The number of fused-ring (bicyclic) bond motifs is 1. The van der Waals surface area contributed by atoms with Crippen molar-refractivity contribution in [2.24, 2.45) is 5.73 Å². The largest absolute Gasteiger partial charge is 0.366 e. The highest BCUT2D eigenvalue weighted by Crippen LogP contribution is 2.29. The SMILES string of the molecule is Cc1ccc2[nH]nc(C(=O)N3CCC(c4ccc(-c5ccc(C(N)=O)cc5)cn4)CC3)c2c1. The number of nitrogens with one attached hydrogen (secondary N) is 1. The number of carbonyl (C=O) groups is 2. The van der Waals surface area contributed by atoms with Gasteiger partial charge in [0.05, 0.1) is 5.52 Å². The van der Waals surface area contributed by atoms with Gasteiger partial charge in [-0.15, -0.1) is 0 Å². The van der Waals surface area contributed by atoms with Crippen molar-refractivity contribution in [2.45, 2.75) is 25.7 Å². The van der Waals surface area contributed by atoms with E-state index in [1.54, 1.807) is 12.1 Å². The lowest BCUT2D eigenvalue weighted by Gasteiger charge is -2.31. The predicted octanol–water partition coefficient (Wildman–Crippen LogP) is 4.05. The summed E-state index contributed by atoms with van der Waals surface area (Å²) in [5, 5.41) is 8.13. The van der Waals surface area contributed by atoms with Gasteiger partial charge in [0.15, 0.2) is 5.69 Å². The molecule has 1 aliphatic heterocycles. The molecule has 3 N–H and O–H groups in total. The van der Waals surface area contributed by atoms with Gasteiger partial charge in [-0.3, -0.25) is 19.7 Å². The summed E-state index contributed by atoms with van der Waals surface area (Å²) in [6.45, 7) is 3.38. The van der Waals surface area contributed by atoms with Gasteiger partial charge in [-0.25, -0.2) is 0 Å². The number of hydrogen-bond donors (Lipinski definition) is 2. The van der Waals surface area contributed by atoms with Crippen LogP contribution < -0.4 is 5.73 Å². The van der Waals surface area contributed by atoms with Crippen LogP contribution in [0.5, 0.6) is 0 Å². The fourth-order valence-electron chi connectivity index (χ4n) is 4.46. The standard InChI is InChI=1S/C26H25N5O2/c1-16-2-8-23-21(14-16)24(30-29-23)26(33)31-12-10-18(11-13-31)22-9-7-20(15-28-22)17-3-5-19(6-4-17)25(27)32/h2-9,14-15,18H,10-13H2,1H3,(H2,27,32)(H,29,30). The summed E-state index contributed by atoms with van der Waals surface area (Å²) in [6, 6.07) is 17.3. The van der Waals surface area contributed by atoms with Gasteiger partial charge in [-0.1, -0.05) is 29.8 Å². The minimum absolute atomic E-state index is 0.0204. The van der Waals surface area contributed by atoms with Crippen molar-refractivity contribution in [1.82, 2.24) is 20.1 Å². The number of aromatic amines is 1. The summed E-state index contributed by atoms with van der Waals surface area (Å²) in [5.74, 6) is -0.137. The lowest BCUT2D eigenvalue weighted by molar-refractivity contribution is 0.0708. The number of H-pyrrole nitrogens is 1. The van der Waals surface area contributed by atoms with Crippen molar-refractivity contribution in [3.05, 3.63) is 83.3 Å². The van der Waals surface area contributed by atoms with E-state index < -0.39 is 5.91 Å². The van der Waals surface area contributed by atoms with Gasteiger partial charge in [0.1, 0.15) is 0 Å². The minimum Gasteiger partial charge on any atom is -0.366 e. The molecular formula is C26H25N5O2. The highest BCUT2D eigenvalue weighted by atomic mass is 16.2. The van der Waals surface area contributed by atoms with Crippen molar-refractivity contribution in [3.8, 4) is 11.1 Å². The summed E-state index contributed by atoms with van der Waals surface area (Å²) in [4.78, 5) is 30.9. The Labute approximate surface area is 191 Å². The Bertz CT molecular complexity index is 1320. The Kier molecular flexibility index (Phi) is 5.38. The molecular weight excluding hydrogens is 414 g/mol. The first-order valence-electron chi connectivity index (χ1n) is 11.1. The molecule has 0 spiro atoms. The highest BCUT2D eigenvalue weighted by molar-refractivity contribution is 6.04. The van der Waals surface area contributed by atoms with Gasteiger partial charge >= 0.3 is 0 Å². The number of primary amides is 1. The number of rotatable bonds is 4. The first-order valence-corrected chi connectivity index (χ1v) is 11.1. The number of carbonyl (C=O) groups excluding carboxylic acids is 2. The molecule has 2 amide bonds. The van der Waals surface area contributed by atoms with Gasteiger partial charge < -0.3 is 10.6 Å². The van der Waals surface area contributed by atoms with Crippen LogP contribution in [0.1, 0.15) is 50.9 Å². The maximum absolute atomic E-state index is 13.1. The van der Waals surface area contributed by atoms with Crippen LogP contribution in [0.25, 0.3) is 22.0 Å². The predicted molar refractivity (Wildman–Crippen MR) is 127 cm³/mol. The zero-order valence-corrected chi connectivity index (χ0v) is 18.4. The molecule has 33 heavy (non-hydrogen) atoms. The van der Waals surface area contributed by atoms with Crippen molar-refractivity contribution in [2.75, 3.05) is 13.1 Å². The summed E-state index contributed by atoms with van der Waals surface area (Å²) < 4.78 is 0. The zero-order valence-electron chi connectivity index (χ0n) is 18.4. The summed E-state index contributed by atoms with van der Waals surface area (Å²) >= 11 is 0. The van der Waals surface area contributed by atoms with E-state index in [9.17, 15) is 9.59 Å². The second-order valence-corrected chi connectivity index (χ2v) is 8.60. The lowest BCUT2D eigenvalue weighted by Crippen LogP contribution is -2.38. The Hall–Kier alpha value is -4.00. The minimum atomic E-state index is -0.435. The molecule has 5 rings (SSSR count). The number of aromatic nitrogens is 3. The van der Waals surface area contributed by atoms with Gasteiger partial charge in [0.25, 0.3) is 5.91 Å². The molecule has 4 aromatic rings. The van der Waals surface area contributed by atoms with E-state index >= 15 is 0 Å². The van der Waals surface area contributed by atoms with Crippen LogP contribution in [0.4, 0.5) is 0 Å². The van der Waals surface area contributed by atoms with Crippen molar-refractivity contribution < 1.29 is 9.59 Å². The highest BCUT2D eigenvalue weighted by Gasteiger charge is 2.27. The maximum Gasteiger partial charge on any atom is 0.274 e. The molecule has 0 unspecified atom stereocenters. The van der Waals surface area contributed by atoms with E-state index in [0.717, 1.165) is 46.1 Å². The normalized spacial score (nSPS) is 14.5. The van der Waals surface area contributed by atoms with Crippen molar-refractivity contribution in [3.63, 3.8) is 0 Å². The molecule has 1 aliphatic rings. The fourth-order valence-corrected chi connectivity index (χ4v) is 4.46. The zero-order chi connectivity index (χ0) is 22.9. The lowest BCUT2D eigenvalue weighted by atomic mass is 9.92. The molecule has 7 nitrogen and oxygen atoms in total. The number of pyridine rings is 1. The van der Waals surface area contributed by atoms with Crippen LogP contribution in [0.15, 0.2) is 60.8 Å². The number of hydrogen-bond acceptors (Lipinski definition) is 4. The number of nitrogens with zero attached hydrogens (tertiary/aromatic N) is 3. The second kappa shape index (κ2) is 8.50. The molecule has 166 valence electrons. The molecule has 0 aliphatic carbocycles. The third-order valence-corrected chi connectivity index (χ3v) is 6.41. The smallest absolute Gasteiger partial charge is 0.274 e. The number of likely N-dealkylation sites (tertiary alicyclic amines) is 1. The van der Waals surface area contributed by atoms with Crippen LogP contribution in [-0.4, -0.2) is 45.0 Å². The summed E-state index contributed by atoms with van der Waals surface area (Å²) in [5.41, 5.74) is 11.3. The average molecular weight is 440 g/mol. The summed E-state index contributed by atoms with van der Waals surface area (Å²) in [6.07, 6.45) is 3.60. The third kappa shape index (κ3) is 4.09. The van der Waals surface area contributed by atoms with E-state index in [4.69, 9.17) is 10.7 Å². The molecule has 2 aromatic carbocycles. The number of benzene rings is 2. The number of piperidine rings is 1. The van der Waals surface area contributed by atoms with Crippen LogP contribution in [0.3, 0.4) is 0 Å². The second-order valence-electron chi connectivity index (χ2n) is 8.60. The fraction of sp³-hybridized carbons (Fsp3) is 0.231. The first-order chi connectivity index (χ1) is 16.0. The van der Waals surface area contributed by atoms with Gasteiger partial charge in [0.2, 0.25) is 5.91 Å². The van der Waals surface area contributed by atoms with E-state index in [1.165, 1.54) is 0 Å². The molecule has 1 fully saturated rings. The molecule has 0 radical (unpaired) electrons. The Morgan fingerprint density at radius 3 is 2.39 bits per heavy atom. The molecule has 1 saturated heterocycles. The molecule has 0 saturated carbocycles. The van der Waals surface area contributed by atoms with E-state index in [0.29, 0.717) is 30.3 Å². The molecule has 7 heteroatoms. The Balaban J connectivity index is 1.24.